The number of benzene rings is 2. The summed E-state index contributed by atoms with van der Waals surface area (Å²) >= 11 is 0. The molecule has 1 fully saturated rings. The molecule has 0 N–H and O–H groups in total. The first kappa shape index (κ1) is 11.0. The topological polar surface area (TPSA) is 0 Å². The van der Waals surface area contributed by atoms with Crippen molar-refractivity contribution in [3.63, 3.8) is 0 Å². The fourth-order valence-electron chi connectivity index (χ4n) is 3.94. The highest BCUT2D eigenvalue weighted by Gasteiger charge is 2.51. The minimum Gasteiger partial charge on any atom is -0.0792 e. The van der Waals surface area contributed by atoms with Gasteiger partial charge >= 0.3 is 0 Å². The van der Waals surface area contributed by atoms with Gasteiger partial charge in [0.15, 0.2) is 0 Å². The van der Waals surface area contributed by atoms with Crippen LogP contribution in [0.25, 0.3) is 5.57 Å². The summed E-state index contributed by atoms with van der Waals surface area (Å²) in [6, 6.07) is 17.9. The molecule has 94 valence electrons. The maximum absolute atomic E-state index is 2.39. The average Bonchev–Trinajstić information content (AvgIpc) is 3.14. The van der Waals surface area contributed by atoms with E-state index in [9.17, 15) is 0 Å². The lowest BCUT2D eigenvalue weighted by Crippen LogP contribution is -1.95. The fraction of sp³-hybridized carbons (Fsp3) is 0.263. The Morgan fingerprint density at radius 3 is 1.74 bits per heavy atom. The van der Waals surface area contributed by atoms with E-state index in [1.54, 1.807) is 11.1 Å². The average molecular weight is 246 g/mol. The van der Waals surface area contributed by atoms with Crippen LogP contribution in [0, 0.1) is 5.92 Å². The van der Waals surface area contributed by atoms with E-state index in [2.05, 4.69) is 68.5 Å². The van der Waals surface area contributed by atoms with Crippen molar-refractivity contribution >= 4 is 5.57 Å². The van der Waals surface area contributed by atoms with Crippen LogP contribution >= 0.6 is 0 Å². The molecule has 0 aromatic heterocycles. The third-order valence-electron chi connectivity index (χ3n) is 4.89. The second-order valence-electron chi connectivity index (χ2n) is 5.79. The lowest BCUT2D eigenvalue weighted by molar-refractivity contribution is 0.890. The number of hydrogen-bond acceptors (Lipinski definition) is 0. The van der Waals surface area contributed by atoms with E-state index in [0.29, 0.717) is 0 Å². The van der Waals surface area contributed by atoms with Gasteiger partial charge in [-0.3, -0.25) is 0 Å². The zero-order valence-electron chi connectivity index (χ0n) is 11.4. The Hall–Kier alpha value is -1.82. The number of fused-ring (bicyclic) bond motifs is 5. The summed E-state index contributed by atoms with van der Waals surface area (Å²) in [6.45, 7) is 4.55. The van der Waals surface area contributed by atoms with Crippen LogP contribution in [0.15, 0.2) is 54.6 Å². The SMILES string of the molecule is CC=C1c2ccccc2C2C(C)C2c2ccccc21. The highest BCUT2D eigenvalue weighted by Crippen LogP contribution is 2.64. The van der Waals surface area contributed by atoms with Crippen LogP contribution in [0.1, 0.15) is 47.9 Å². The molecule has 2 aliphatic rings. The Morgan fingerprint density at radius 1 is 0.789 bits per heavy atom. The summed E-state index contributed by atoms with van der Waals surface area (Å²) in [5.74, 6) is 2.21. The molecule has 0 heteroatoms. The van der Waals surface area contributed by atoms with Gasteiger partial charge in [-0.2, -0.15) is 0 Å². The molecule has 0 bridgehead atoms. The number of allylic oxidation sites excluding steroid dienone is 1. The van der Waals surface area contributed by atoms with Crippen molar-refractivity contribution in [1.29, 1.82) is 0 Å². The Kier molecular flexibility index (Phi) is 2.23. The molecule has 0 nitrogen and oxygen atoms in total. The molecule has 2 unspecified atom stereocenters. The maximum Gasteiger partial charge on any atom is -0.00522 e. The smallest absolute Gasteiger partial charge is 0.00522 e. The molecule has 4 rings (SSSR count). The van der Waals surface area contributed by atoms with Gasteiger partial charge in [-0.25, -0.2) is 0 Å². The van der Waals surface area contributed by atoms with Crippen molar-refractivity contribution in [1.82, 2.24) is 0 Å². The van der Waals surface area contributed by atoms with Gasteiger partial charge in [0.2, 0.25) is 0 Å². The molecule has 0 spiro atoms. The Labute approximate surface area is 114 Å². The van der Waals surface area contributed by atoms with Crippen molar-refractivity contribution in [3.8, 4) is 0 Å². The molecule has 0 saturated heterocycles. The van der Waals surface area contributed by atoms with Crippen LogP contribution in [0.3, 0.4) is 0 Å². The molecular weight excluding hydrogens is 228 g/mol. The molecule has 2 aliphatic carbocycles. The summed E-state index contributed by atoms with van der Waals surface area (Å²) in [4.78, 5) is 0. The van der Waals surface area contributed by atoms with Crippen molar-refractivity contribution in [3.05, 3.63) is 76.9 Å². The van der Waals surface area contributed by atoms with Crippen molar-refractivity contribution in [2.24, 2.45) is 5.92 Å². The summed E-state index contributed by atoms with van der Waals surface area (Å²) in [7, 11) is 0. The first-order valence-corrected chi connectivity index (χ1v) is 7.18. The number of hydrogen-bond donors (Lipinski definition) is 0. The maximum atomic E-state index is 2.39. The van der Waals surface area contributed by atoms with Gasteiger partial charge < -0.3 is 0 Å². The summed E-state index contributed by atoms with van der Waals surface area (Å²) in [5, 5.41) is 0. The predicted molar refractivity (Wildman–Crippen MR) is 80.3 cm³/mol. The largest absolute Gasteiger partial charge is 0.0792 e. The quantitative estimate of drug-likeness (QED) is 0.615. The van der Waals surface area contributed by atoms with Crippen LogP contribution in [0.2, 0.25) is 0 Å². The van der Waals surface area contributed by atoms with Crippen molar-refractivity contribution < 1.29 is 0 Å². The zero-order chi connectivity index (χ0) is 13.0. The van der Waals surface area contributed by atoms with E-state index in [1.807, 2.05) is 0 Å². The standard InChI is InChI=1S/C19H18/c1-3-13-14-8-4-6-10-16(14)18-12(2)19(18)17-11-7-5-9-15(13)17/h3-12,18-19H,1-2H3. The van der Waals surface area contributed by atoms with E-state index in [1.165, 1.54) is 16.7 Å². The minimum atomic E-state index is 0.717. The lowest BCUT2D eigenvalue weighted by Gasteiger charge is -2.13. The highest BCUT2D eigenvalue weighted by molar-refractivity contribution is 5.85. The molecular formula is C19H18. The van der Waals surface area contributed by atoms with E-state index < -0.39 is 0 Å². The Bertz CT molecular complexity index is 622. The highest BCUT2D eigenvalue weighted by atomic mass is 14.5. The number of rotatable bonds is 0. The van der Waals surface area contributed by atoms with Crippen LogP contribution in [-0.4, -0.2) is 0 Å². The molecule has 2 aromatic rings. The molecule has 19 heavy (non-hydrogen) atoms. The minimum absolute atomic E-state index is 0.717. The fourth-order valence-corrected chi connectivity index (χ4v) is 3.94. The van der Waals surface area contributed by atoms with Gasteiger partial charge in [-0.15, -0.1) is 0 Å². The van der Waals surface area contributed by atoms with Gasteiger partial charge in [0, 0.05) is 0 Å². The van der Waals surface area contributed by atoms with Gasteiger partial charge in [-0.1, -0.05) is 61.5 Å². The van der Waals surface area contributed by atoms with Crippen LogP contribution < -0.4 is 0 Å². The molecule has 1 saturated carbocycles. The first-order valence-electron chi connectivity index (χ1n) is 7.18. The molecule has 2 atom stereocenters. The molecule has 0 amide bonds. The Morgan fingerprint density at radius 2 is 1.26 bits per heavy atom. The van der Waals surface area contributed by atoms with Crippen LogP contribution in [0.5, 0.6) is 0 Å². The zero-order valence-corrected chi connectivity index (χ0v) is 11.4. The van der Waals surface area contributed by atoms with Crippen LogP contribution in [-0.2, 0) is 0 Å². The van der Waals surface area contributed by atoms with Crippen molar-refractivity contribution in [2.75, 3.05) is 0 Å². The van der Waals surface area contributed by atoms with Gasteiger partial charge in [-0.05, 0) is 52.5 Å². The third kappa shape index (κ3) is 1.40. The lowest BCUT2D eigenvalue weighted by atomic mass is 9.91. The van der Waals surface area contributed by atoms with Gasteiger partial charge in [0.25, 0.3) is 0 Å². The predicted octanol–water partition coefficient (Wildman–Crippen LogP) is 4.97. The van der Waals surface area contributed by atoms with E-state index in [4.69, 9.17) is 0 Å². The monoisotopic (exact) mass is 246 g/mol. The summed E-state index contributed by atoms with van der Waals surface area (Å²) in [5.41, 5.74) is 7.38. The molecule has 2 aromatic carbocycles. The molecule has 0 heterocycles. The Balaban J connectivity index is 2.05. The summed E-state index contributed by atoms with van der Waals surface area (Å²) < 4.78 is 0. The normalized spacial score (nSPS) is 26.8. The second kappa shape index (κ2) is 3.84. The van der Waals surface area contributed by atoms with E-state index in [0.717, 1.165) is 17.8 Å². The molecule has 0 aliphatic heterocycles. The van der Waals surface area contributed by atoms with Gasteiger partial charge in [0.05, 0.1) is 0 Å². The third-order valence-corrected chi connectivity index (χ3v) is 4.89. The van der Waals surface area contributed by atoms with Crippen molar-refractivity contribution in [2.45, 2.75) is 25.7 Å². The first-order chi connectivity index (χ1) is 9.33. The van der Waals surface area contributed by atoms with Gasteiger partial charge in [0.1, 0.15) is 0 Å². The molecule has 0 radical (unpaired) electrons. The van der Waals surface area contributed by atoms with Crippen LogP contribution in [0.4, 0.5) is 0 Å². The summed E-state index contributed by atoms with van der Waals surface area (Å²) in [6.07, 6.45) is 2.27. The second-order valence-corrected chi connectivity index (χ2v) is 5.79. The van der Waals surface area contributed by atoms with E-state index in [-0.39, 0.29) is 0 Å². The van der Waals surface area contributed by atoms with E-state index >= 15 is 0 Å².